The predicted molar refractivity (Wildman–Crippen MR) is 142 cm³/mol. The van der Waals surface area contributed by atoms with E-state index in [2.05, 4.69) is 30.9 Å². The molecule has 37 heavy (non-hydrogen) atoms. The topological polar surface area (TPSA) is 145 Å². The predicted octanol–water partition coefficient (Wildman–Crippen LogP) is 2.83. The van der Waals surface area contributed by atoms with Crippen molar-refractivity contribution >= 4 is 45.5 Å². The van der Waals surface area contributed by atoms with Gasteiger partial charge in [0.25, 0.3) is 0 Å². The highest BCUT2D eigenvalue weighted by Crippen LogP contribution is 2.46. The number of fused-ring (bicyclic) bond motifs is 1. The van der Waals surface area contributed by atoms with E-state index in [0.29, 0.717) is 31.7 Å². The van der Waals surface area contributed by atoms with E-state index < -0.39 is 29.1 Å². The first-order valence-corrected chi connectivity index (χ1v) is 12.9. The zero-order chi connectivity index (χ0) is 26.0. The van der Waals surface area contributed by atoms with Crippen LogP contribution in [-0.2, 0) is 4.79 Å². The normalized spacial score (nSPS) is 25.2. The second-order valence-electron chi connectivity index (χ2n) is 9.22. The van der Waals surface area contributed by atoms with Crippen LogP contribution >= 0.6 is 11.3 Å². The number of rotatable bonds is 6. The first-order valence-electron chi connectivity index (χ1n) is 12.0. The number of amides is 2. The number of anilines is 1. The molecule has 2 amide bonds. The summed E-state index contributed by atoms with van der Waals surface area (Å²) >= 11 is 1.51. The summed E-state index contributed by atoms with van der Waals surface area (Å²) in [5.41, 5.74) is 3.65. The summed E-state index contributed by atoms with van der Waals surface area (Å²) in [7, 11) is 0. The van der Waals surface area contributed by atoms with E-state index in [0.717, 1.165) is 21.5 Å². The standard InChI is InChI=1S/C25H28N8O3S/c1-3-28-23(36)32-25(20-13-26-9-6-24(20,2)22(34)35)31-7-4-10-33(25)16-11-17(18-5-8-27-14-29-18)21-19(12-16)30-15-37-21/h4-5,7-8,10-12,14-15,20,26H,3,6,9,13H2,1-2H3,(H,34,35)(H2,28,32,36). The molecule has 3 atom stereocenters. The Morgan fingerprint density at radius 2 is 2.19 bits per heavy atom. The molecule has 1 saturated heterocycles. The molecule has 1 fully saturated rings. The molecule has 2 aliphatic heterocycles. The summed E-state index contributed by atoms with van der Waals surface area (Å²) in [5, 5.41) is 19.5. The van der Waals surface area contributed by atoms with Crippen molar-refractivity contribution in [2.75, 3.05) is 24.5 Å². The fraction of sp³-hybridized carbons (Fsp3) is 0.360. The molecule has 2 aliphatic rings. The Balaban J connectivity index is 1.71. The third-order valence-corrected chi connectivity index (χ3v) is 7.94. The minimum Gasteiger partial charge on any atom is -0.481 e. The Hall–Kier alpha value is -3.90. The number of urea groups is 1. The monoisotopic (exact) mass is 520 g/mol. The van der Waals surface area contributed by atoms with Gasteiger partial charge in [-0.3, -0.25) is 10.1 Å². The van der Waals surface area contributed by atoms with E-state index in [1.54, 1.807) is 30.9 Å². The SMILES string of the molecule is CCNC(=O)NC1(C2CNCCC2(C)C(=O)O)N=CC=CN1c1cc(-c2ccncn2)c2scnc2c1. The number of aliphatic carboxylic acids is 1. The molecule has 1 aromatic carbocycles. The summed E-state index contributed by atoms with van der Waals surface area (Å²) in [6.07, 6.45) is 8.74. The van der Waals surface area contributed by atoms with Crippen LogP contribution in [0.2, 0.25) is 0 Å². The molecule has 192 valence electrons. The van der Waals surface area contributed by atoms with E-state index in [1.165, 1.54) is 17.7 Å². The maximum atomic E-state index is 13.0. The number of thiazole rings is 1. The quantitative estimate of drug-likeness (QED) is 0.388. The number of carbonyl (C=O) groups excluding carboxylic acids is 1. The Morgan fingerprint density at radius 1 is 1.32 bits per heavy atom. The zero-order valence-electron chi connectivity index (χ0n) is 20.5. The van der Waals surface area contributed by atoms with Gasteiger partial charge in [-0.25, -0.2) is 24.7 Å². The number of piperidine rings is 1. The molecule has 11 nitrogen and oxygen atoms in total. The van der Waals surface area contributed by atoms with Crippen molar-refractivity contribution in [3.05, 3.63) is 48.5 Å². The molecule has 0 bridgehead atoms. The minimum atomic E-state index is -1.43. The molecule has 2 aromatic heterocycles. The largest absolute Gasteiger partial charge is 0.481 e. The van der Waals surface area contributed by atoms with E-state index in [4.69, 9.17) is 4.99 Å². The molecule has 0 spiro atoms. The van der Waals surface area contributed by atoms with Crippen LogP contribution in [0.25, 0.3) is 21.5 Å². The lowest BCUT2D eigenvalue weighted by Gasteiger charge is -2.52. The van der Waals surface area contributed by atoms with Crippen LogP contribution in [0.3, 0.4) is 0 Å². The molecule has 0 saturated carbocycles. The van der Waals surface area contributed by atoms with Crippen LogP contribution in [0, 0.1) is 11.3 Å². The fourth-order valence-electron chi connectivity index (χ4n) is 5.12. The van der Waals surface area contributed by atoms with Crippen molar-refractivity contribution in [3.63, 3.8) is 0 Å². The van der Waals surface area contributed by atoms with Gasteiger partial charge in [0, 0.05) is 43.0 Å². The molecule has 3 unspecified atom stereocenters. The number of carbonyl (C=O) groups is 2. The molecule has 5 rings (SSSR count). The van der Waals surface area contributed by atoms with Crippen LogP contribution in [0.15, 0.2) is 53.5 Å². The first-order chi connectivity index (χ1) is 17.9. The van der Waals surface area contributed by atoms with E-state index >= 15 is 0 Å². The Kier molecular flexibility index (Phi) is 6.61. The number of benzene rings is 1. The fourth-order valence-corrected chi connectivity index (χ4v) is 5.91. The Labute approximate surface area is 217 Å². The van der Waals surface area contributed by atoms with Crippen molar-refractivity contribution in [1.82, 2.24) is 30.9 Å². The number of carboxylic acid groups (broad SMARTS) is 1. The molecular weight excluding hydrogens is 492 g/mol. The van der Waals surface area contributed by atoms with Gasteiger partial charge in [0.15, 0.2) is 0 Å². The van der Waals surface area contributed by atoms with Gasteiger partial charge in [0.05, 0.1) is 32.8 Å². The van der Waals surface area contributed by atoms with E-state index in [-0.39, 0.29) is 0 Å². The number of nitrogens with one attached hydrogen (secondary N) is 3. The molecule has 4 N–H and O–H groups in total. The third-order valence-electron chi connectivity index (χ3n) is 7.06. The molecule has 12 heteroatoms. The van der Waals surface area contributed by atoms with Gasteiger partial charge in [0.1, 0.15) is 6.33 Å². The zero-order valence-corrected chi connectivity index (χ0v) is 21.3. The van der Waals surface area contributed by atoms with Gasteiger partial charge in [-0.15, -0.1) is 11.3 Å². The maximum absolute atomic E-state index is 13.0. The molecule has 3 aromatic rings. The molecule has 0 aliphatic carbocycles. The molecule has 0 radical (unpaired) electrons. The lowest BCUT2D eigenvalue weighted by Crippen LogP contribution is -2.71. The third kappa shape index (κ3) is 4.31. The number of carboxylic acids is 1. The summed E-state index contributed by atoms with van der Waals surface area (Å²) in [5.74, 6) is -2.98. The number of nitrogens with zero attached hydrogens (tertiary/aromatic N) is 5. The van der Waals surface area contributed by atoms with Crippen molar-refractivity contribution in [2.24, 2.45) is 16.3 Å². The van der Waals surface area contributed by atoms with Crippen molar-refractivity contribution in [1.29, 1.82) is 0 Å². The average Bonchev–Trinajstić information content (AvgIpc) is 3.38. The van der Waals surface area contributed by atoms with Gasteiger partial charge in [-0.1, -0.05) is 0 Å². The first kappa shape index (κ1) is 24.8. The van der Waals surface area contributed by atoms with Gasteiger partial charge in [-0.05, 0) is 51.1 Å². The number of hydrogen-bond acceptors (Lipinski definition) is 9. The summed E-state index contributed by atoms with van der Waals surface area (Å²) < 4.78 is 0.962. The second-order valence-corrected chi connectivity index (χ2v) is 10.1. The van der Waals surface area contributed by atoms with Crippen LogP contribution in [0.4, 0.5) is 10.5 Å². The summed E-state index contributed by atoms with van der Waals surface area (Å²) in [6.45, 7) is 4.85. The van der Waals surface area contributed by atoms with Crippen LogP contribution < -0.4 is 20.9 Å². The van der Waals surface area contributed by atoms with Gasteiger partial charge in [0.2, 0.25) is 5.79 Å². The Bertz CT molecular complexity index is 1380. The smallest absolute Gasteiger partial charge is 0.318 e. The van der Waals surface area contributed by atoms with Crippen LogP contribution in [0.5, 0.6) is 0 Å². The highest BCUT2D eigenvalue weighted by Gasteiger charge is 2.57. The lowest BCUT2D eigenvalue weighted by molar-refractivity contribution is -0.155. The van der Waals surface area contributed by atoms with Gasteiger partial charge in [-0.2, -0.15) is 0 Å². The van der Waals surface area contributed by atoms with Crippen molar-refractivity contribution < 1.29 is 14.7 Å². The number of aromatic nitrogens is 3. The van der Waals surface area contributed by atoms with Crippen molar-refractivity contribution in [3.8, 4) is 11.3 Å². The highest BCUT2D eigenvalue weighted by molar-refractivity contribution is 7.17. The van der Waals surface area contributed by atoms with E-state index in [1.807, 2.05) is 36.2 Å². The number of hydrogen-bond donors (Lipinski definition) is 4. The second kappa shape index (κ2) is 9.87. The number of aliphatic imine (C=N–C) groups is 1. The summed E-state index contributed by atoms with van der Waals surface area (Å²) in [4.78, 5) is 45.3. The highest BCUT2D eigenvalue weighted by atomic mass is 32.1. The number of allylic oxidation sites excluding steroid dienone is 1. The summed E-state index contributed by atoms with van der Waals surface area (Å²) in [6, 6.07) is 5.28. The lowest BCUT2D eigenvalue weighted by atomic mass is 9.68. The maximum Gasteiger partial charge on any atom is 0.318 e. The van der Waals surface area contributed by atoms with Gasteiger partial charge >= 0.3 is 12.0 Å². The van der Waals surface area contributed by atoms with Crippen molar-refractivity contribution in [2.45, 2.75) is 26.1 Å². The van der Waals surface area contributed by atoms with Crippen LogP contribution in [0.1, 0.15) is 20.3 Å². The van der Waals surface area contributed by atoms with E-state index in [9.17, 15) is 14.7 Å². The minimum absolute atomic E-state index is 0.342. The van der Waals surface area contributed by atoms with Crippen LogP contribution in [-0.4, -0.2) is 63.7 Å². The Morgan fingerprint density at radius 3 is 2.95 bits per heavy atom. The average molecular weight is 521 g/mol. The van der Waals surface area contributed by atoms with Gasteiger partial charge < -0.3 is 20.6 Å². The molecular formula is C25H28N8O3S. The molecule has 4 heterocycles.